The third-order valence-electron chi connectivity index (χ3n) is 7.01. The van der Waals surface area contributed by atoms with Gasteiger partial charge < -0.3 is 10.2 Å². The number of nitrogens with zero attached hydrogens (tertiary/aromatic N) is 3. The SMILES string of the molecule is CC1CCC(NC(=O)C(C)N2CCN(CC(=O)N3CCCCCC3)CC2)CC1. The lowest BCUT2D eigenvalue weighted by Gasteiger charge is -2.38. The van der Waals surface area contributed by atoms with E-state index < -0.39 is 0 Å². The number of rotatable bonds is 5. The Balaban J connectivity index is 1.38. The molecule has 0 aromatic carbocycles. The van der Waals surface area contributed by atoms with Crippen LogP contribution in [-0.2, 0) is 9.59 Å². The van der Waals surface area contributed by atoms with Crippen molar-refractivity contribution in [3.63, 3.8) is 0 Å². The lowest BCUT2D eigenvalue weighted by Crippen LogP contribution is -2.56. The van der Waals surface area contributed by atoms with Crippen LogP contribution in [-0.4, -0.2) is 84.4 Å². The molecule has 1 aliphatic carbocycles. The molecule has 0 spiro atoms. The largest absolute Gasteiger partial charge is 0.352 e. The Bertz CT molecular complexity index is 503. The third kappa shape index (κ3) is 6.18. The van der Waals surface area contributed by atoms with Gasteiger partial charge in [-0.2, -0.15) is 0 Å². The van der Waals surface area contributed by atoms with Crippen LogP contribution < -0.4 is 5.32 Å². The molecular formula is C22H40N4O2. The maximum Gasteiger partial charge on any atom is 0.237 e. The van der Waals surface area contributed by atoms with Crippen molar-refractivity contribution in [3.8, 4) is 0 Å². The summed E-state index contributed by atoms with van der Waals surface area (Å²) in [5.74, 6) is 1.26. The molecule has 1 saturated carbocycles. The van der Waals surface area contributed by atoms with E-state index in [0.717, 1.165) is 70.9 Å². The molecule has 0 aromatic heterocycles. The first-order valence-corrected chi connectivity index (χ1v) is 11.6. The van der Waals surface area contributed by atoms with Crippen molar-refractivity contribution in [1.29, 1.82) is 0 Å². The van der Waals surface area contributed by atoms with Gasteiger partial charge in [0.15, 0.2) is 0 Å². The molecule has 2 saturated heterocycles. The highest BCUT2D eigenvalue weighted by Crippen LogP contribution is 2.23. The number of carbonyl (C=O) groups is 2. The Morgan fingerprint density at radius 1 is 0.893 bits per heavy atom. The van der Waals surface area contributed by atoms with Crippen LogP contribution in [0.2, 0.25) is 0 Å². The highest BCUT2D eigenvalue weighted by molar-refractivity contribution is 5.81. The second kappa shape index (κ2) is 10.6. The predicted molar refractivity (Wildman–Crippen MR) is 112 cm³/mol. The van der Waals surface area contributed by atoms with Gasteiger partial charge in [0, 0.05) is 45.3 Å². The van der Waals surface area contributed by atoms with E-state index in [0.29, 0.717) is 12.6 Å². The summed E-state index contributed by atoms with van der Waals surface area (Å²) in [6.45, 7) is 10.2. The van der Waals surface area contributed by atoms with Crippen LogP contribution in [0.4, 0.5) is 0 Å². The van der Waals surface area contributed by atoms with E-state index in [1.807, 2.05) is 6.92 Å². The van der Waals surface area contributed by atoms with E-state index >= 15 is 0 Å². The van der Waals surface area contributed by atoms with Crippen molar-refractivity contribution in [2.24, 2.45) is 5.92 Å². The molecular weight excluding hydrogens is 352 g/mol. The van der Waals surface area contributed by atoms with Crippen LogP contribution in [0.1, 0.15) is 65.2 Å². The zero-order valence-corrected chi connectivity index (χ0v) is 18.0. The Morgan fingerprint density at radius 3 is 2.11 bits per heavy atom. The van der Waals surface area contributed by atoms with Gasteiger partial charge in [0.2, 0.25) is 11.8 Å². The summed E-state index contributed by atoms with van der Waals surface area (Å²) < 4.78 is 0. The summed E-state index contributed by atoms with van der Waals surface area (Å²) in [7, 11) is 0. The zero-order valence-electron chi connectivity index (χ0n) is 18.0. The molecule has 6 heteroatoms. The summed E-state index contributed by atoms with van der Waals surface area (Å²) in [6, 6.07) is 0.279. The minimum absolute atomic E-state index is 0.0807. The average molecular weight is 393 g/mol. The molecule has 2 amide bonds. The fourth-order valence-electron chi connectivity index (χ4n) is 4.81. The van der Waals surface area contributed by atoms with Crippen LogP contribution in [0.3, 0.4) is 0 Å². The molecule has 1 atom stereocenters. The van der Waals surface area contributed by atoms with Gasteiger partial charge in [-0.1, -0.05) is 19.8 Å². The van der Waals surface area contributed by atoms with Gasteiger partial charge in [-0.3, -0.25) is 19.4 Å². The topological polar surface area (TPSA) is 55.9 Å². The number of nitrogens with one attached hydrogen (secondary N) is 1. The van der Waals surface area contributed by atoms with Gasteiger partial charge in [-0.05, 0) is 51.4 Å². The summed E-state index contributed by atoms with van der Waals surface area (Å²) in [6.07, 6.45) is 9.48. The zero-order chi connectivity index (χ0) is 19.9. The fraction of sp³-hybridized carbons (Fsp3) is 0.909. The van der Waals surface area contributed by atoms with E-state index in [2.05, 4.69) is 26.9 Å². The first-order valence-electron chi connectivity index (χ1n) is 11.6. The van der Waals surface area contributed by atoms with E-state index in [1.165, 1.54) is 25.7 Å². The van der Waals surface area contributed by atoms with Crippen LogP contribution >= 0.6 is 0 Å². The van der Waals surface area contributed by atoms with Crippen molar-refractivity contribution in [3.05, 3.63) is 0 Å². The van der Waals surface area contributed by atoms with Crippen LogP contribution in [0.25, 0.3) is 0 Å². The summed E-state index contributed by atoms with van der Waals surface area (Å²) >= 11 is 0. The van der Waals surface area contributed by atoms with Crippen molar-refractivity contribution < 1.29 is 9.59 Å². The van der Waals surface area contributed by atoms with Crippen LogP contribution in [0.5, 0.6) is 0 Å². The van der Waals surface area contributed by atoms with Gasteiger partial charge in [-0.25, -0.2) is 0 Å². The maximum absolute atomic E-state index is 12.7. The van der Waals surface area contributed by atoms with Gasteiger partial charge in [0.1, 0.15) is 0 Å². The average Bonchev–Trinajstić information content (AvgIpc) is 2.99. The number of carbonyl (C=O) groups excluding carboxylic acids is 2. The van der Waals surface area contributed by atoms with Gasteiger partial charge >= 0.3 is 0 Å². The molecule has 2 heterocycles. The Labute approximate surface area is 171 Å². The maximum atomic E-state index is 12.7. The van der Waals surface area contributed by atoms with Crippen molar-refractivity contribution >= 4 is 11.8 Å². The summed E-state index contributed by atoms with van der Waals surface area (Å²) in [4.78, 5) is 31.8. The standard InChI is InChI=1S/C22H40N4O2/c1-18-7-9-20(10-8-18)23-22(28)19(2)25-15-13-24(14-16-25)17-21(27)26-11-5-3-4-6-12-26/h18-20H,3-17H2,1-2H3,(H,23,28). The molecule has 3 fully saturated rings. The van der Waals surface area contributed by atoms with Gasteiger partial charge in [0.25, 0.3) is 0 Å². The van der Waals surface area contributed by atoms with Crippen molar-refractivity contribution in [1.82, 2.24) is 20.0 Å². The minimum atomic E-state index is -0.0807. The number of likely N-dealkylation sites (tertiary alicyclic amines) is 1. The van der Waals surface area contributed by atoms with E-state index in [1.54, 1.807) is 0 Å². The highest BCUT2D eigenvalue weighted by atomic mass is 16.2. The Kier molecular flexibility index (Phi) is 8.15. The molecule has 0 aromatic rings. The van der Waals surface area contributed by atoms with Gasteiger partial charge in [-0.15, -0.1) is 0 Å². The molecule has 6 nitrogen and oxygen atoms in total. The minimum Gasteiger partial charge on any atom is -0.352 e. The summed E-state index contributed by atoms with van der Waals surface area (Å²) in [5.41, 5.74) is 0. The van der Waals surface area contributed by atoms with Crippen LogP contribution in [0, 0.1) is 5.92 Å². The van der Waals surface area contributed by atoms with Crippen molar-refractivity contribution in [2.45, 2.75) is 77.3 Å². The molecule has 2 aliphatic heterocycles. The quantitative estimate of drug-likeness (QED) is 0.778. The normalized spacial score (nSPS) is 29.1. The number of hydrogen-bond donors (Lipinski definition) is 1. The molecule has 3 aliphatic rings. The smallest absolute Gasteiger partial charge is 0.237 e. The second-order valence-electron chi connectivity index (χ2n) is 9.25. The number of hydrogen-bond acceptors (Lipinski definition) is 4. The molecule has 0 radical (unpaired) electrons. The summed E-state index contributed by atoms with van der Waals surface area (Å²) in [5, 5.41) is 3.27. The number of amides is 2. The van der Waals surface area contributed by atoms with E-state index in [4.69, 9.17) is 0 Å². The van der Waals surface area contributed by atoms with Gasteiger partial charge in [0.05, 0.1) is 12.6 Å². The monoisotopic (exact) mass is 392 g/mol. The second-order valence-corrected chi connectivity index (χ2v) is 9.25. The van der Waals surface area contributed by atoms with Crippen LogP contribution in [0.15, 0.2) is 0 Å². The highest BCUT2D eigenvalue weighted by Gasteiger charge is 2.29. The molecule has 28 heavy (non-hydrogen) atoms. The predicted octanol–water partition coefficient (Wildman–Crippen LogP) is 2.09. The Morgan fingerprint density at radius 2 is 1.50 bits per heavy atom. The first-order chi connectivity index (χ1) is 13.5. The van der Waals surface area contributed by atoms with Crippen molar-refractivity contribution in [2.75, 3.05) is 45.8 Å². The Hall–Kier alpha value is -1.14. The molecule has 3 rings (SSSR count). The molecule has 1 unspecified atom stereocenters. The van der Waals surface area contributed by atoms with E-state index in [9.17, 15) is 9.59 Å². The molecule has 1 N–H and O–H groups in total. The third-order valence-corrected chi connectivity index (χ3v) is 7.01. The van der Waals surface area contributed by atoms with E-state index in [-0.39, 0.29) is 17.9 Å². The first kappa shape index (κ1) is 21.6. The lowest BCUT2D eigenvalue weighted by atomic mass is 9.87. The fourth-order valence-corrected chi connectivity index (χ4v) is 4.81. The molecule has 160 valence electrons. The lowest BCUT2D eigenvalue weighted by molar-refractivity contribution is -0.134. The number of piperazine rings is 1. The molecule has 0 bridgehead atoms.